The van der Waals surface area contributed by atoms with E-state index in [1.54, 1.807) is 0 Å². The molecule has 1 heterocycles. The third-order valence-corrected chi connectivity index (χ3v) is 4.62. The fourth-order valence-electron chi connectivity index (χ4n) is 2.83. The van der Waals surface area contributed by atoms with E-state index in [4.69, 9.17) is 4.42 Å². The van der Waals surface area contributed by atoms with Crippen molar-refractivity contribution >= 4 is 5.88 Å². The maximum absolute atomic E-state index is 9.37. The molecule has 0 saturated heterocycles. The molecule has 0 radical (unpaired) electrons. The van der Waals surface area contributed by atoms with E-state index in [9.17, 15) is 5.26 Å². The summed E-state index contributed by atoms with van der Waals surface area (Å²) in [5.41, 5.74) is 2.73. The van der Waals surface area contributed by atoms with Gasteiger partial charge >= 0.3 is 0 Å². The van der Waals surface area contributed by atoms with Crippen LogP contribution in [0.25, 0.3) is 0 Å². The number of aromatic nitrogens is 1. The van der Waals surface area contributed by atoms with Gasteiger partial charge in [0, 0.05) is 12.0 Å². The van der Waals surface area contributed by atoms with Crippen LogP contribution in [0, 0.1) is 11.3 Å². The summed E-state index contributed by atoms with van der Waals surface area (Å²) >= 11 is 0. The van der Waals surface area contributed by atoms with Gasteiger partial charge in [-0.05, 0) is 30.6 Å². The highest BCUT2D eigenvalue weighted by Crippen LogP contribution is 2.29. The molecule has 0 aliphatic heterocycles. The molecule has 0 amide bonds. The smallest absolute Gasteiger partial charge is 0.232 e. The van der Waals surface area contributed by atoms with E-state index in [1.807, 2.05) is 20.8 Å². The van der Waals surface area contributed by atoms with Crippen molar-refractivity contribution in [1.29, 1.82) is 5.26 Å². The summed E-state index contributed by atoms with van der Waals surface area (Å²) in [6, 6.07) is 11.0. The first kappa shape index (κ1) is 21.0. The van der Waals surface area contributed by atoms with Crippen LogP contribution in [0.5, 0.6) is 0 Å². The first-order valence-corrected chi connectivity index (χ1v) is 9.35. The highest BCUT2D eigenvalue weighted by molar-refractivity contribution is 5.46. The second-order valence-electron chi connectivity index (χ2n) is 9.29. The molecule has 5 nitrogen and oxygen atoms in total. The molecule has 0 saturated carbocycles. The Morgan fingerprint density at radius 3 is 2.11 bits per heavy atom. The fraction of sp³-hybridized carbons (Fsp3) is 0.545. The molecule has 1 aromatic heterocycles. The zero-order valence-corrected chi connectivity index (χ0v) is 17.8. The number of hydrogen-bond donors (Lipinski definition) is 1. The molecular weight excluding hydrogens is 336 g/mol. The van der Waals surface area contributed by atoms with Crippen LogP contribution in [0.15, 0.2) is 28.7 Å². The first-order valence-electron chi connectivity index (χ1n) is 9.35. The number of likely N-dealkylation sites (N-methyl/N-ethyl adjacent to an activating group) is 1. The van der Waals surface area contributed by atoms with Crippen molar-refractivity contribution in [2.24, 2.45) is 0 Å². The Bertz CT molecular complexity index is 799. The van der Waals surface area contributed by atoms with Crippen LogP contribution in [0.1, 0.15) is 70.3 Å². The summed E-state index contributed by atoms with van der Waals surface area (Å²) in [4.78, 5) is 6.49. The van der Waals surface area contributed by atoms with Gasteiger partial charge in [-0.15, -0.1) is 0 Å². The number of oxazole rings is 1. The zero-order valence-electron chi connectivity index (χ0n) is 17.8. The van der Waals surface area contributed by atoms with Crippen molar-refractivity contribution in [1.82, 2.24) is 9.88 Å². The van der Waals surface area contributed by atoms with Crippen molar-refractivity contribution < 1.29 is 4.42 Å². The number of benzene rings is 1. The minimum Gasteiger partial charge on any atom is -0.423 e. The molecule has 0 fully saturated rings. The highest BCUT2D eigenvalue weighted by Gasteiger charge is 2.25. The SMILES string of the molecule is CN(C)C(CNc1oc(C(C)(C)C)nc1C#N)c1ccc(C(C)(C)C)cc1. The summed E-state index contributed by atoms with van der Waals surface area (Å²) < 4.78 is 5.84. The lowest BCUT2D eigenvalue weighted by molar-refractivity contribution is 0.309. The van der Waals surface area contributed by atoms with Crippen LogP contribution in [0.4, 0.5) is 5.88 Å². The van der Waals surface area contributed by atoms with Crippen molar-refractivity contribution in [2.75, 3.05) is 26.0 Å². The average molecular weight is 369 g/mol. The highest BCUT2D eigenvalue weighted by atomic mass is 16.4. The van der Waals surface area contributed by atoms with Gasteiger partial charge in [-0.2, -0.15) is 10.2 Å². The van der Waals surface area contributed by atoms with Gasteiger partial charge in [-0.1, -0.05) is 65.8 Å². The Balaban J connectivity index is 2.21. The van der Waals surface area contributed by atoms with E-state index in [-0.39, 0.29) is 16.9 Å². The van der Waals surface area contributed by atoms with Crippen LogP contribution in [-0.4, -0.2) is 30.5 Å². The zero-order chi connectivity index (χ0) is 20.4. The quantitative estimate of drug-likeness (QED) is 0.817. The van der Waals surface area contributed by atoms with E-state index in [1.165, 1.54) is 11.1 Å². The minimum absolute atomic E-state index is 0.134. The molecule has 1 atom stereocenters. The van der Waals surface area contributed by atoms with Crippen molar-refractivity contribution in [3.63, 3.8) is 0 Å². The van der Waals surface area contributed by atoms with Crippen molar-refractivity contribution in [2.45, 2.75) is 58.4 Å². The molecule has 2 rings (SSSR count). The molecule has 0 aliphatic carbocycles. The number of hydrogen-bond acceptors (Lipinski definition) is 5. The van der Waals surface area contributed by atoms with E-state index in [2.05, 4.69) is 80.4 Å². The molecular formula is C22H32N4O. The second kappa shape index (κ2) is 7.74. The van der Waals surface area contributed by atoms with Crippen LogP contribution in [0.2, 0.25) is 0 Å². The van der Waals surface area contributed by atoms with Crippen LogP contribution < -0.4 is 5.32 Å². The summed E-state index contributed by atoms with van der Waals surface area (Å²) in [7, 11) is 4.10. The Morgan fingerprint density at radius 1 is 1.07 bits per heavy atom. The van der Waals surface area contributed by atoms with Gasteiger partial charge in [0.05, 0.1) is 6.04 Å². The third-order valence-electron chi connectivity index (χ3n) is 4.62. The van der Waals surface area contributed by atoms with Gasteiger partial charge in [0.2, 0.25) is 17.5 Å². The molecule has 1 N–H and O–H groups in total. The van der Waals surface area contributed by atoms with Crippen LogP contribution in [0.3, 0.4) is 0 Å². The fourth-order valence-corrected chi connectivity index (χ4v) is 2.83. The van der Waals surface area contributed by atoms with Crippen LogP contribution >= 0.6 is 0 Å². The summed E-state index contributed by atoms with van der Waals surface area (Å²) in [5.74, 6) is 1.01. The van der Waals surface area contributed by atoms with Crippen molar-refractivity contribution in [3.8, 4) is 6.07 Å². The summed E-state index contributed by atoms with van der Waals surface area (Å²) in [6.45, 7) is 13.3. The van der Waals surface area contributed by atoms with E-state index < -0.39 is 0 Å². The molecule has 1 aromatic carbocycles. The minimum atomic E-state index is -0.241. The average Bonchev–Trinajstić information content (AvgIpc) is 2.98. The number of rotatable bonds is 5. The first-order chi connectivity index (χ1) is 12.4. The lowest BCUT2D eigenvalue weighted by atomic mass is 9.86. The monoisotopic (exact) mass is 368 g/mol. The predicted octanol–water partition coefficient (Wildman–Crippen LogP) is 4.86. The number of nitrogens with one attached hydrogen (secondary N) is 1. The summed E-state index contributed by atoms with van der Waals surface area (Å²) in [6.07, 6.45) is 0. The Kier molecular flexibility index (Phi) is 6.01. The molecule has 146 valence electrons. The van der Waals surface area contributed by atoms with E-state index in [0.717, 1.165) is 0 Å². The Labute approximate surface area is 163 Å². The molecule has 5 heteroatoms. The molecule has 0 spiro atoms. The molecule has 2 aromatic rings. The third kappa shape index (κ3) is 5.11. The summed E-state index contributed by atoms with van der Waals surface area (Å²) in [5, 5.41) is 12.7. The van der Waals surface area contributed by atoms with E-state index in [0.29, 0.717) is 24.0 Å². The number of anilines is 1. The Hall–Kier alpha value is -2.32. The molecule has 0 aliphatic rings. The Morgan fingerprint density at radius 2 is 1.67 bits per heavy atom. The second-order valence-corrected chi connectivity index (χ2v) is 9.29. The van der Waals surface area contributed by atoms with Gasteiger partial charge in [0.25, 0.3) is 0 Å². The normalized spacial score (nSPS) is 13.5. The topological polar surface area (TPSA) is 65.1 Å². The lowest BCUT2D eigenvalue weighted by Crippen LogP contribution is -2.27. The maximum Gasteiger partial charge on any atom is 0.232 e. The standard InChI is InChI=1S/C22H32N4O/c1-21(2,3)16-11-9-15(10-12-16)18(26(7)8)14-24-19-17(13-23)25-20(27-19)22(4,5)6/h9-12,18,24H,14H2,1-8H3. The van der Waals surface area contributed by atoms with Gasteiger partial charge in [-0.25, -0.2) is 0 Å². The van der Waals surface area contributed by atoms with Gasteiger partial charge in [-0.3, -0.25) is 0 Å². The van der Waals surface area contributed by atoms with Crippen LogP contribution in [-0.2, 0) is 10.8 Å². The molecule has 27 heavy (non-hydrogen) atoms. The number of nitrogens with zero attached hydrogens (tertiary/aromatic N) is 3. The molecule has 1 unspecified atom stereocenters. The van der Waals surface area contributed by atoms with E-state index >= 15 is 0 Å². The maximum atomic E-state index is 9.37. The van der Waals surface area contributed by atoms with Gasteiger partial charge in [0.15, 0.2) is 0 Å². The van der Waals surface area contributed by atoms with Crippen molar-refractivity contribution in [3.05, 3.63) is 47.0 Å². The van der Waals surface area contributed by atoms with Gasteiger partial charge < -0.3 is 14.6 Å². The predicted molar refractivity (Wildman–Crippen MR) is 110 cm³/mol. The largest absolute Gasteiger partial charge is 0.423 e. The lowest BCUT2D eigenvalue weighted by Gasteiger charge is -2.26. The van der Waals surface area contributed by atoms with Gasteiger partial charge in [0.1, 0.15) is 6.07 Å². The molecule has 0 bridgehead atoms. The number of nitriles is 1.